The number of hydrogen-bond acceptors (Lipinski definition) is 11. The number of hydrogen-bond donors (Lipinski definition) is 2. The summed E-state index contributed by atoms with van der Waals surface area (Å²) < 4.78 is 28.9. The average molecular weight is 679 g/mol. The van der Waals surface area contributed by atoms with Gasteiger partial charge in [-0.3, -0.25) is 24.0 Å². The molecule has 0 bridgehead atoms. The zero-order chi connectivity index (χ0) is 35.5. The molecular formula is C34H47FN2O11. The van der Waals surface area contributed by atoms with Crippen molar-refractivity contribution in [1.82, 2.24) is 5.32 Å². The van der Waals surface area contributed by atoms with Crippen LogP contribution < -0.4 is 5.32 Å². The van der Waals surface area contributed by atoms with Gasteiger partial charge in [0.05, 0.1) is 19.1 Å². The molecular weight excluding hydrogens is 631 g/mol. The molecule has 4 aliphatic rings. The van der Waals surface area contributed by atoms with E-state index in [4.69, 9.17) is 9.47 Å². The van der Waals surface area contributed by atoms with Crippen molar-refractivity contribution in [2.75, 3.05) is 19.8 Å². The van der Waals surface area contributed by atoms with Crippen LogP contribution in [0.1, 0.15) is 91.9 Å². The summed E-state index contributed by atoms with van der Waals surface area (Å²) in [6.45, 7) is 6.02. The van der Waals surface area contributed by atoms with E-state index in [2.05, 4.69) is 10.2 Å². The van der Waals surface area contributed by atoms with Gasteiger partial charge in [0, 0.05) is 42.1 Å². The summed E-state index contributed by atoms with van der Waals surface area (Å²) in [7, 11) is 0. The smallest absolute Gasteiger partial charge is 0.308 e. The van der Waals surface area contributed by atoms with Gasteiger partial charge in [0.2, 0.25) is 11.7 Å². The summed E-state index contributed by atoms with van der Waals surface area (Å²) in [6, 6.07) is 0. The highest BCUT2D eigenvalue weighted by atomic mass is 19.1. The Hall–Kier alpha value is -3.68. The molecule has 0 aliphatic heterocycles. The van der Waals surface area contributed by atoms with Gasteiger partial charge in [-0.25, -0.2) is 4.39 Å². The Labute approximate surface area is 279 Å². The topological polar surface area (TPSA) is 188 Å². The minimum absolute atomic E-state index is 0.0290. The molecule has 0 aromatic rings. The Morgan fingerprint density at radius 3 is 2.54 bits per heavy atom. The van der Waals surface area contributed by atoms with E-state index >= 15 is 4.39 Å². The lowest BCUT2D eigenvalue weighted by atomic mass is 9.44. The average Bonchev–Trinajstić information content (AvgIpc) is 3.24. The molecule has 2 N–H and O–H groups in total. The first-order chi connectivity index (χ1) is 22.6. The zero-order valence-electron chi connectivity index (χ0n) is 28.1. The Kier molecular flexibility index (Phi) is 11.2. The number of Topliss-reactive ketones (excluding diaryl/α,β-unsaturated/α-hetero) is 1. The lowest BCUT2D eigenvalue weighted by Gasteiger charge is -2.62. The van der Waals surface area contributed by atoms with Crippen molar-refractivity contribution >= 4 is 29.4 Å². The molecule has 13 nitrogen and oxygen atoms in total. The second-order valence-corrected chi connectivity index (χ2v) is 14.0. The van der Waals surface area contributed by atoms with Crippen molar-refractivity contribution in [1.29, 1.82) is 0 Å². The summed E-state index contributed by atoms with van der Waals surface area (Å²) in [4.78, 5) is 78.3. The highest BCUT2D eigenvalue weighted by Crippen LogP contribution is 2.71. The molecule has 14 heteroatoms. The van der Waals surface area contributed by atoms with E-state index in [0.717, 1.165) is 0 Å². The third-order valence-electron chi connectivity index (χ3n) is 11.4. The lowest BCUT2D eigenvalue weighted by molar-refractivity contribution is -0.757. The number of halogens is 1. The van der Waals surface area contributed by atoms with Crippen LogP contribution in [0.5, 0.6) is 0 Å². The van der Waals surface area contributed by atoms with Crippen molar-refractivity contribution in [2.45, 2.75) is 109 Å². The number of aliphatic hydroxyl groups excluding tert-OH is 1. The quantitative estimate of drug-likeness (QED) is 0.111. The van der Waals surface area contributed by atoms with Crippen LogP contribution in [0.2, 0.25) is 0 Å². The fourth-order valence-corrected chi connectivity index (χ4v) is 9.07. The Morgan fingerprint density at radius 1 is 1.12 bits per heavy atom. The van der Waals surface area contributed by atoms with Gasteiger partial charge < -0.3 is 24.7 Å². The first kappa shape index (κ1) is 37.1. The summed E-state index contributed by atoms with van der Waals surface area (Å²) >= 11 is 0. The molecule has 0 heterocycles. The number of amides is 1. The second-order valence-electron chi connectivity index (χ2n) is 14.0. The number of fused-ring (bicyclic) bond motifs is 5. The monoisotopic (exact) mass is 678 g/mol. The first-order valence-electron chi connectivity index (χ1n) is 16.8. The molecule has 2 unspecified atom stereocenters. The van der Waals surface area contributed by atoms with Gasteiger partial charge in [-0.1, -0.05) is 38.8 Å². The molecule has 0 aromatic carbocycles. The van der Waals surface area contributed by atoms with Gasteiger partial charge in [0.15, 0.2) is 23.7 Å². The maximum atomic E-state index is 17.6. The van der Waals surface area contributed by atoms with Crippen LogP contribution in [0.4, 0.5) is 4.39 Å². The van der Waals surface area contributed by atoms with Crippen molar-refractivity contribution < 1.29 is 52.9 Å². The van der Waals surface area contributed by atoms with E-state index in [0.29, 0.717) is 44.1 Å². The van der Waals surface area contributed by atoms with Crippen LogP contribution in [-0.4, -0.2) is 76.7 Å². The Balaban J connectivity index is 1.43. The number of unbranched alkanes of at least 4 members (excludes halogenated alkanes) is 2. The highest BCUT2D eigenvalue weighted by molar-refractivity contribution is 6.01. The first-order valence-corrected chi connectivity index (χ1v) is 16.8. The number of rotatable bonds is 15. The zero-order valence-corrected chi connectivity index (χ0v) is 28.1. The number of carbonyl (C=O) groups is 5. The van der Waals surface area contributed by atoms with Crippen LogP contribution in [0, 0.1) is 38.7 Å². The predicted octanol–water partition coefficient (Wildman–Crippen LogP) is 3.68. The van der Waals surface area contributed by atoms with Crippen LogP contribution in [-0.2, 0) is 38.3 Å². The van der Waals surface area contributed by atoms with E-state index in [1.54, 1.807) is 33.8 Å². The summed E-state index contributed by atoms with van der Waals surface area (Å²) in [5, 5.41) is 23.6. The van der Waals surface area contributed by atoms with Crippen LogP contribution >= 0.6 is 0 Å². The molecule has 3 saturated carbocycles. The number of nitrogens with one attached hydrogen (secondary N) is 1. The van der Waals surface area contributed by atoms with Gasteiger partial charge in [0.25, 0.3) is 5.09 Å². The number of esters is 2. The fraction of sp³-hybridized carbons (Fsp3) is 0.735. The van der Waals surface area contributed by atoms with Gasteiger partial charge >= 0.3 is 11.9 Å². The molecule has 0 radical (unpaired) electrons. The summed E-state index contributed by atoms with van der Waals surface area (Å²) in [6.07, 6.45) is 5.09. The molecule has 266 valence electrons. The highest BCUT2D eigenvalue weighted by Gasteiger charge is 2.77. The molecule has 4 aliphatic carbocycles. The fourth-order valence-electron chi connectivity index (χ4n) is 9.07. The predicted molar refractivity (Wildman–Crippen MR) is 167 cm³/mol. The maximum absolute atomic E-state index is 17.6. The summed E-state index contributed by atoms with van der Waals surface area (Å²) in [5.41, 5.74) is -5.70. The van der Waals surface area contributed by atoms with E-state index < -0.39 is 75.4 Å². The van der Waals surface area contributed by atoms with Crippen molar-refractivity contribution in [3.63, 3.8) is 0 Å². The van der Waals surface area contributed by atoms with Crippen LogP contribution in [0.25, 0.3) is 0 Å². The minimum atomic E-state index is -2.13. The van der Waals surface area contributed by atoms with Gasteiger partial charge in [-0.05, 0) is 63.5 Å². The third-order valence-corrected chi connectivity index (χ3v) is 11.4. The van der Waals surface area contributed by atoms with Crippen LogP contribution in [0.3, 0.4) is 0 Å². The van der Waals surface area contributed by atoms with E-state index in [9.17, 15) is 39.2 Å². The minimum Gasteiger partial charge on any atom is -0.457 e. The Morgan fingerprint density at radius 2 is 1.85 bits per heavy atom. The number of aliphatic hydroxyl groups is 1. The molecule has 0 saturated heterocycles. The van der Waals surface area contributed by atoms with Gasteiger partial charge in [-0.15, -0.1) is 10.1 Å². The number of carbonyl (C=O) groups excluding carboxylic acids is 5. The number of alkyl halides is 1. The number of ether oxygens (including phenoxy) is 2. The maximum Gasteiger partial charge on any atom is 0.308 e. The molecule has 3 fully saturated rings. The molecule has 0 aromatic heterocycles. The van der Waals surface area contributed by atoms with E-state index in [-0.39, 0.29) is 50.5 Å². The van der Waals surface area contributed by atoms with E-state index in [1.807, 2.05) is 0 Å². The summed E-state index contributed by atoms with van der Waals surface area (Å²) in [5.74, 6) is -4.33. The third kappa shape index (κ3) is 6.51. The largest absolute Gasteiger partial charge is 0.457 e. The molecule has 0 spiro atoms. The van der Waals surface area contributed by atoms with Crippen molar-refractivity contribution in [2.24, 2.45) is 28.6 Å². The number of ketones is 2. The van der Waals surface area contributed by atoms with E-state index in [1.165, 1.54) is 12.2 Å². The standard InChI is InChI=1S/C34H47FN2O11/c1-5-29(42)48-34(27(40)20-46-30(43)13-15-36-28(41)9-7-6-8-16-47-37(44)45)21(2)17-25-24-11-10-22-18-23(38)12-14-31(22,3)33(24,35)26(39)19-32(25,34)4/h12,14,18,21,24-26,39H,5-11,13,15-17,19-20H2,1-4H3,(H,36,41)/t21-,24?,25?,26-,31-,32-,33-,34-/m0/s1. The van der Waals surface area contributed by atoms with Crippen molar-refractivity contribution in [3.8, 4) is 0 Å². The van der Waals surface area contributed by atoms with Gasteiger partial charge in [0.1, 0.15) is 0 Å². The number of allylic oxidation sites excluding steroid dienone is 4. The molecule has 4 rings (SSSR count). The molecule has 8 atom stereocenters. The second kappa shape index (κ2) is 14.4. The molecule has 48 heavy (non-hydrogen) atoms. The van der Waals surface area contributed by atoms with Crippen LogP contribution in [0.15, 0.2) is 23.8 Å². The van der Waals surface area contributed by atoms with Gasteiger partial charge in [-0.2, -0.15) is 0 Å². The Bertz CT molecular complexity index is 1380. The lowest BCUT2D eigenvalue weighted by Crippen LogP contribution is -2.70. The normalized spacial score (nSPS) is 35.0. The SMILES string of the molecule is CCC(=O)O[C@]1(C(=O)COC(=O)CCNC(=O)CCCCCO[N+](=O)[O-])[C@@H](C)CC2C3CCC4=CC(=O)C=C[C@]4(C)[C@@]3(F)[C@@H](O)C[C@@]21C. The van der Waals surface area contributed by atoms with Crippen molar-refractivity contribution in [3.05, 3.63) is 33.9 Å². The molecule has 1 amide bonds. The number of nitrogens with zero attached hydrogens (tertiary/aromatic N) is 1.